The summed E-state index contributed by atoms with van der Waals surface area (Å²) in [4.78, 5) is 15.9. The molecule has 1 aliphatic heterocycles. The van der Waals surface area contributed by atoms with Crippen molar-refractivity contribution >= 4 is 16.8 Å². The molecular weight excluding hydrogens is 288 g/mol. The van der Waals surface area contributed by atoms with E-state index in [1.165, 1.54) is 35.0 Å². The Morgan fingerprint density at radius 2 is 2.17 bits per heavy atom. The molecule has 2 aliphatic rings. The Labute approximate surface area is 136 Å². The van der Waals surface area contributed by atoms with E-state index in [4.69, 9.17) is 4.74 Å². The van der Waals surface area contributed by atoms with Crippen molar-refractivity contribution in [3.05, 3.63) is 35.0 Å². The van der Waals surface area contributed by atoms with Gasteiger partial charge in [0.25, 0.3) is 5.91 Å². The van der Waals surface area contributed by atoms with E-state index >= 15 is 0 Å². The van der Waals surface area contributed by atoms with Gasteiger partial charge in [-0.1, -0.05) is 6.07 Å². The summed E-state index contributed by atoms with van der Waals surface area (Å²) in [6.45, 7) is 3.14. The quantitative estimate of drug-likeness (QED) is 0.914. The first-order valence-corrected chi connectivity index (χ1v) is 8.70. The van der Waals surface area contributed by atoms with Crippen LogP contribution in [-0.4, -0.2) is 23.1 Å². The topological polar surface area (TPSA) is 54.1 Å². The van der Waals surface area contributed by atoms with Crippen LogP contribution in [0.1, 0.15) is 49.4 Å². The normalized spacial score (nSPS) is 23.9. The minimum atomic E-state index is -0.642. The molecule has 0 spiro atoms. The molecule has 1 atom stereocenters. The average Bonchev–Trinajstić information content (AvgIpc) is 3.17. The fraction of sp³-hybridized carbons (Fsp3) is 0.526. The molecule has 122 valence electrons. The van der Waals surface area contributed by atoms with E-state index in [9.17, 15) is 4.79 Å². The van der Waals surface area contributed by atoms with Crippen molar-refractivity contribution in [3.8, 4) is 0 Å². The first kappa shape index (κ1) is 14.8. The van der Waals surface area contributed by atoms with Gasteiger partial charge in [-0.3, -0.25) is 4.79 Å². The number of carbonyl (C=O) groups excluding carboxylic acids is 1. The summed E-state index contributed by atoms with van der Waals surface area (Å²) in [5, 5.41) is 4.37. The Balaban J connectivity index is 1.52. The molecule has 0 radical (unpaired) electrons. The Hall–Kier alpha value is -1.81. The van der Waals surface area contributed by atoms with Crippen molar-refractivity contribution in [2.45, 2.75) is 57.6 Å². The first-order chi connectivity index (χ1) is 11.2. The van der Waals surface area contributed by atoms with Gasteiger partial charge in [-0.15, -0.1) is 0 Å². The summed E-state index contributed by atoms with van der Waals surface area (Å²) >= 11 is 0. The number of hydrogen-bond acceptors (Lipinski definition) is 2. The minimum absolute atomic E-state index is 0.00574. The van der Waals surface area contributed by atoms with E-state index in [0.29, 0.717) is 13.2 Å². The summed E-state index contributed by atoms with van der Waals surface area (Å²) < 4.78 is 5.61. The number of rotatable bonds is 3. The zero-order valence-electron chi connectivity index (χ0n) is 13.7. The molecule has 2 heterocycles. The molecule has 2 aromatic rings. The van der Waals surface area contributed by atoms with Crippen LogP contribution in [0.2, 0.25) is 0 Å². The minimum Gasteiger partial charge on any atom is -0.365 e. The number of amides is 1. The van der Waals surface area contributed by atoms with Crippen molar-refractivity contribution in [2.24, 2.45) is 0 Å². The van der Waals surface area contributed by atoms with E-state index < -0.39 is 5.60 Å². The maximum absolute atomic E-state index is 12.3. The van der Waals surface area contributed by atoms with E-state index in [1.54, 1.807) is 0 Å². The number of aromatic amines is 1. The lowest BCUT2D eigenvalue weighted by Gasteiger charge is -2.21. The van der Waals surface area contributed by atoms with Crippen LogP contribution < -0.4 is 5.32 Å². The van der Waals surface area contributed by atoms with Crippen LogP contribution in [0.5, 0.6) is 0 Å². The average molecular weight is 312 g/mol. The molecule has 1 aliphatic carbocycles. The number of H-pyrrole nitrogens is 1. The predicted octanol–water partition coefficient (Wildman–Crippen LogP) is 3.23. The Morgan fingerprint density at radius 3 is 3.00 bits per heavy atom. The van der Waals surface area contributed by atoms with E-state index in [2.05, 4.69) is 28.5 Å². The molecule has 1 aromatic carbocycles. The van der Waals surface area contributed by atoms with E-state index in [0.717, 1.165) is 31.2 Å². The van der Waals surface area contributed by atoms with Crippen LogP contribution in [-0.2, 0) is 28.9 Å². The third-order valence-corrected chi connectivity index (χ3v) is 5.31. The van der Waals surface area contributed by atoms with Crippen LogP contribution in [0.25, 0.3) is 10.9 Å². The van der Waals surface area contributed by atoms with Gasteiger partial charge in [-0.05, 0) is 68.7 Å². The zero-order chi connectivity index (χ0) is 15.9. The van der Waals surface area contributed by atoms with Crippen LogP contribution >= 0.6 is 0 Å². The molecule has 0 bridgehead atoms. The first-order valence-electron chi connectivity index (χ1n) is 8.70. The molecule has 1 fully saturated rings. The van der Waals surface area contributed by atoms with Gasteiger partial charge in [-0.2, -0.15) is 0 Å². The van der Waals surface area contributed by atoms with Crippen molar-refractivity contribution in [1.82, 2.24) is 10.3 Å². The Morgan fingerprint density at radius 1 is 1.30 bits per heavy atom. The lowest BCUT2D eigenvalue weighted by molar-refractivity contribution is -0.139. The van der Waals surface area contributed by atoms with Crippen molar-refractivity contribution in [2.75, 3.05) is 6.61 Å². The Bertz CT molecular complexity index is 741. The van der Waals surface area contributed by atoms with E-state index in [-0.39, 0.29) is 5.91 Å². The number of fused-ring (bicyclic) bond motifs is 3. The summed E-state index contributed by atoms with van der Waals surface area (Å²) in [5.41, 5.74) is 4.61. The third kappa shape index (κ3) is 2.65. The molecule has 0 saturated carbocycles. The second kappa shape index (κ2) is 5.68. The zero-order valence-corrected chi connectivity index (χ0v) is 13.7. The largest absolute Gasteiger partial charge is 0.365 e. The van der Waals surface area contributed by atoms with Crippen LogP contribution in [0, 0.1) is 0 Å². The third-order valence-electron chi connectivity index (χ3n) is 5.31. The number of benzene rings is 1. The second-order valence-electron chi connectivity index (χ2n) is 7.03. The second-order valence-corrected chi connectivity index (χ2v) is 7.03. The summed E-state index contributed by atoms with van der Waals surface area (Å²) in [6, 6.07) is 6.47. The van der Waals surface area contributed by atoms with Gasteiger partial charge in [0.2, 0.25) is 0 Å². The molecule has 2 N–H and O–H groups in total. The van der Waals surface area contributed by atoms with Crippen molar-refractivity contribution < 1.29 is 9.53 Å². The number of aromatic nitrogens is 1. The van der Waals surface area contributed by atoms with Gasteiger partial charge in [0.15, 0.2) is 0 Å². The highest BCUT2D eigenvalue weighted by atomic mass is 16.5. The van der Waals surface area contributed by atoms with E-state index in [1.807, 2.05) is 6.92 Å². The molecule has 4 rings (SSSR count). The molecule has 1 saturated heterocycles. The van der Waals surface area contributed by atoms with Crippen molar-refractivity contribution in [3.63, 3.8) is 0 Å². The molecule has 4 nitrogen and oxygen atoms in total. The lowest BCUT2D eigenvalue weighted by atomic mass is 9.95. The molecule has 4 heteroatoms. The number of hydrogen-bond donors (Lipinski definition) is 2. The summed E-state index contributed by atoms with van der Waals surface area (Å²) in [5.74, 6) is 0.00574. The van der Waals surface area contributed by atoms with Gasteiger partial charge < -0.3 is 15.0 Å². The lowest BCUT2D eigenvalue weighted by Crippen LogP contribution is -2.43. The molecular formula is C19H24N2O2. The van der Waals surface area contributed by atoms with Gasteiger partial charge in [0, 0.05) is 29.7 Å². The summed E-state index contributed by atoms with van der Waals surface area (Å²) in [6.07, 6.45) is 6.65. The number of ether oxygens (including phenoxy) is 1. The van der Waals surface area contributed by atoms with Crippen molar-refractivity contribution in [1.29, 1.82) is 0 Å². The fourth-order valence-corrected chi connectivity index (χ4v) is 3.89. The maximum atomic E-state index is 12.3. The van der Waals surface area contributed by atoms with Crippen LogP contribution in [0.15, 0.2) is 18.2 Å². The predicted molar refractivity (Wildman–Crippen MR) is 90.4 cm³/mol. The number of aryl methyl sites for hydroxylation is 2. The van der Waals surface area contributed by atoms with Gasteiger partial charge in [-0.25, -0.2) is 0 Å². The highest BCUT2D eigenvalue weighted by molar-refractivity contribution is 5.87. The van der Waals surface area contributed by atoms with Gasteiger partial charge >= 0.3 is 0 Å². The number of carbonyl (C=O) groups is 1. The highest BCUT2D eigenvalue weighted by Crippen LogP contribution is 2.30. The van der Waals surface area contributed by atoms with Gasteiger partial charge in [0.1, 0.15) is 5.60 Å². The molecule has 1 unspecified atom stereocenters. The Kier molecular flexibility index (Phi) is 3.64. The maximum Gasteiger partial charge on any atom is 0.252 e. The molecule has 23 heavy (non-hydrogen) atoms. The van der Waals surface area contributed by atoms with Crippen LogP contribution in [0.3, 0.4) is 0 Å². The monoisotopic (exact) mass is 312 g/mol. The fourth-order valence-electron chi connectivity index (χ4n) is 3.89. The smallest absolute Gasteiger partial charge is 0.252 e. The molecule has 1 amide bonds. The highest BCUT2D eigenvalue weighted by Gasteiger charge is 2.37. The van der Waals surface area contributed by atoms with Crippen LogP contribution in [0.4, 0.5) is 0 Å². The summed E-state index contributed by atoms with van der Waals surface area (Å²) in [7, 11) is 0. The molecule has 1 aromatic heterocycles. The standard InChI is InChI=1S/C19H24N2O2/c1-19(9-4-10-23-19)18(22)20-12-13-7-8-17-15(11-13)14-5-2-3-6-16(14)21-17/h7-8,11,21H,2-6,9-10,12H2,1H3,(H,20,22). The van der Waals surface area contributed by atoms with Gasteiger partial charge in [0.05, 0.1) is 0 Å². The number of nitrogens with one attached hydrogen (secondary N) is 2. The SMILES string of the molecule is CC1(C(=O)NCc2ccc3[nH]c4c(c3c2)CCCC4)CCCO1.